The molecule has 1 rings (SSSR count). The van der Waals surface area contributed by atoms with E-state index in [-0.39, 0.29) is 11.9 Å². The highest BCUT2D eigenvalue weighted by atomic mass is 32.2. The van der Waals surface area contributed by atoms with Crippen LogP contribution < -0.4 is 5.32 Å². The Hall–Kier alpha value is -1.21. The van der Waals surface area contributed by atoms with Gasteiger partial charge in [-0.15, -0.1) is 0 Å². The van der Waals surface area contributed by atoms with Crippen LogP contribution in [0.15, 0.2) is 18.2 Å². The summed E-state index contributed by atoms with van der Waals surface area (Å²) in [5, 5.41) is 12.1. The van der Waals surface area contributed by atoms with Gasteiger partial charge in [-0.05, 0) is 48.6 Å². The minimum Gasteiger partial charge on any atom is -0.370 e. The average molecular weight is 252 g/mol. The highest BCUT2D eigenvalue weighted by molar-refractivity contribution is 7.99. The summed E-state index contributed by atoms with van der Waals surface area (Å²) in [7, 11) is 0. The molecule has 0 aliphatic rings. The molecular formula is C13H17FN2S. The Labute approximate surface area is 106 Å². The molecule has 0 bridgehead atoms. The third-order valence-corrected chi connectivity index (χ3v) is 3.23. The second kappa shape index (κ2) is 7.18. The number of nitriles is 1. The molecule has 0 heterocycles. The van der Waals surface area contributed by atoms with Gasteiger partial charge in [0.25, 0.3) is 0 Å². The molecule has 4 heteroatoms. The molecular weight excluding hydrogens is 235 g/mol. The van der Waals surface area contributed by atoms with E-state index in [1.165, 1.54) is 12.1 Å². The Morgan fingerprint density at radius 1 is 1.47 bits per heavy atom. The summed E-state index contributed by atoms with van der Waals surface area (Å²) >= 11 is 1.80. The smallest absolute Gasteiger partial charge is 0.125 e. The summed E-state index contributed by atoms with van der Waals surface area (Å²) in [6.45, 7) is 3.93. The number of halogens is 1. The van der Waals surface area contributed by atoms with Crippen molar-refractivity contribution >= 4 is 17.4 Å². The third kappa shape index (κ3) is 5.10. The fraction of sp³-hybridized carbons (Fsp3) is 0.462. The van der Waals surface area contributed by atoms with Crippen LogP contribution in [0.25, 0.3) is 0 Å². The van der Waals surface area contributed by atoms with Crippen molar-refractivity contribution in [1.29, 1.82) is 5.26 Å². The minimum atomic E-state index is -0.271. The van der Waals surface area contributed by atoms with Crippen LogP contribution in [0.3, 0.4) is 0 Å². The van der Waals surface area contributed by atoms with Crippen LogP contribution in [0.1, 0.15) is 18.9 Å². The predicted octanol–water partition coefficient (Wildman–Crippen LogP) is 3.58. The number of aryl methyl sites for hydroxylation is 1. The average Bonchev–Trinajstić information content (AvgIpc) is 2.26. The van der Waals surface area contributed by atoms with Crippen LogP contribution in [0.5, 0.6) is 0 Å². The molecule has 92 valence electrons. The highest BCUT2D eigenvalue weighted by Crippen LogP contribution is 2.15. The molecule has 0 spiro atoms. The van der Waals surface area contributed by atoms with Gasteiger partial charge in [0.05, 0.1) is 6.07 Å². The monoisotopic (exact) mass is 252 g/mol. The van der Waals surface area contributed by atoms with E-state index < -0.39 is 0 Å². The SMILES string of the molecule is CCSCCC(C#N)Nc1cc(C)cc(F)c1. The van der Waals surface area contributed by atoms with E-state index in [0.29, 0.717) is 5.69 Å². The first kappa shape index (κ1) is 13.9. The number of rotatable bonds is 6. The Kier molecular flexibility index (Phi) is 5.85. The number of thioether (sulfide) groups is 1. The lowest BCUT2D eigenvalue weighted by Crippen LogP contribution is -2.18. The molecule has 1 N–H and O–H groups in total. The van der Waals surface area contributed by atoms with Crippen LogP contribution in [0.2, 0.25) is 0 Å². The van der Waals surface area contributed by atoms with Crippen LogP contribution in [-0.4, -0.2) is 17.5 Å². The normalized spacial score (nSPS) is 11.9. The van der Waals surface area contributed by atoms with Gasteiger partial charge in [0.2, 0.25) is 0 Å². The van der Waals surface area contributed by atoms with Crippen LogP contribution in [-0.2, 0) is 0 Å². The zero-order chi connectivity index (χ0) is 12.7. The van der Waals surface area contributed by atoms with Crippen LogP contribution in [0.4, 0.5) is 10.1 Å². The standard InChI is InChI=1S/C13H17FN2S/c1-3-17-5-4-12(9-15)16-13-7-10(2)6-11(14)8-13/h6-8,12,16H,3-5H2,1-2H3. The highest BCUT2D eigenvalue weighted by Gasteiger charge is 2.07. The van der Waals surface area contributed by atoms with Gasteiger partial charge in [-0.25, -0.2) is 4.39 Å². The fourth-order valence-corrected chi connectivity index (χ4v) is 2.23. The second-order valence-electron chi connectivity index (χ2n) is 3.83. The summed E-state index contributed by atoms with van der Waals surface area (Å²) in [6, 6.07) is 6.69. The van der Waals surface area contributed by atoms with E-state index in [1.807, 2.05) is 13.0 Å². The maximum absolute atomic E-state index is 13.2. The van der Waals surface area contributed by atoms with Crippen molar-refractivity contribution in [3.05, 3.63) is 29.6 Å². The molecule has 1 aromatic carbocycles. The first-order valence-electron chi connectivity index (χ1n) is 5.66. The largest absolute Gasteiger partial charge is 0.370 e. The third-order valence-electron chi connectivity index (χ3n) is 2.29. The lowest BCUT2D eigenvalue weighted by atomic mass is 10.2. The molecule has 1 aromatic rings. The summed E-state index contributed by atoms with van der Waals surface area (Å²) in [5.74, 6) is 1.72. The molecule has 1 unspecified atom stereocenters. The summed E-state index contributed by atoms with van der Waals surface area (Å²) in [5.41, 5.74) is 1.53. The van der Waals surface area contributed by atoms with Gasteiger partial charge in [-0.3, -0.25) is 0 Å². The molecule has 17 heavy (non-hydrogen) atoms. The molecule has 0 aromatic heterocycles. The zero-order valence-corrected chi connectivity index (χ0v) is 11.0. The van der Waals surface area contributed by atoms with Gasteiger partial charge in [0, 0.05) is 5.69 Å². The molecule has 0 saturated carbocycles. The molecule has 1 atom stereocenters. The number of hydrogen-bond donors (Lipinski definition) is 1. The van der Waals surface area contributed by atoms with Gasteiger partial charge in [-0.1, -0.05) is 6.92 Å². The van der Waals surface area contributed by atoms with Crippen molar-refractivity contribution < 1.29 is 4.39 Å². The van der Waals surface area contributed by atoms with E-state index in [0.717, 1.165) is 23.5 Å². The van der Waals surface area contributed by atoms with Crippen molar-refractivity contribution in [2.24, 2.45) is 0 Å². The zero-order valence-electron chi connectivity index (χ0n) is 10.2. The Morgan fingerprint density at radius 2 is 2.24 bits per heavy atom. The first-order valence-corrected chi connectivity index (χ1v) is 6.82. The van der Waals surface area contributed by atoms with Crippen molar-refractivity contribution in [3.8, 4) is 6.07 Å². The van der Waals surface area contributed by atoms with Gasteiger partial charge >= 0.3 is 0 Å². The number of anilines is 1. The summed E-state index contributed by atoms with van der Waals surface area (Å²) < 4.78 is 13.2. The number of nitrogens with one attached hydrogen (secondary N) is 1. The van der Waals surface area contributed by atoms with E-state index in [1.54, 1.807) is 11.8 Å². The lowest BCUT2D eigenvalue weighted by Gasteiger charge is -2.13. The molecule has 0 fully saturated rings. The van der Waals surface area contributed by atoms with Crippen LogP contribution >= 0.6 is 11.8 Å². The molecule has 0 aliphatic heterocycles. The molecule has 0 amide bonds. The number of nitrogens with zero attached hydrogens (tertiary/aromatic N) is 1. The van der Waals surface area contributed by atoms with E-state index in [9.17, 15) is 4.39 Å². The first-order chi connectivity index (χ1) is 8.15. The van der Waals surface area contributed by atoms with Gasteiger partial charge in [0.15, 0.2) is 0 Å². The molecule has 0 saturated heterocycles. The topological polar surface area (TPSA) is 35.8 Å². The van der Waals surface area contributed by atoms with Crippen molar-refractivity contribution in [2.45, 2.75) is 26.3 Å². The maximum atomic E-state index is 13.2. The van der Waals surface area contributed by atoms with Crippen molar-refractivity contribution in [2.75, 3.05) is 16.8 Å². The maximum Gasteiger partial charge on any atom is 0.125 e. The molecule has 2 nitrogen and oxygen atoms in total. The van der Waals surface area contributed by atoms with E-state index in [2.05, 4.69) is 18.3 Å². The Morgan fingerprint density at radius 3 is 2.82 bits per heavy atom. The molecule has 0 aliphatic carbocycles. The van der Waals surface area contributed by atoms with Gasteiger partial charge in [-0.2, -0.15) is 17.0 Å². The summed E-state index contributed by atoms with van der Waals surface area (Å²) in [4.78, 5) is 0. The van der Waals surface area contributed by atoms with Crippen molar-refractivity contribution in [3.63, 3.8) is 0 Å². The number of hydrogen-bond acceptors (Lipinski definition) is 3. The minimum absolute atomic E-state index is 0.254. The van der Waals surface area contributed by atoms with Gasteiger partial charge in [0.1, 0.15) is 11.9 Å². The van der Waals surface area contributed by atoms with Crippen molar-refractivity contribution in [1.82, 2.24) is 0 Å². The molecule has 0 radical (unpaired) electrons. The Bertz CT molecular complexity index is 381. The second-order valence-corrected chi connectivity index (χ2v) is 5.22. The lowest BCUT2D eigenvalue weighted by molar-refractivity contribution is 0.626. The Balaban J connectivity index is 2.58. The van der Waals surface area contributed by atoms with Gasteiger partial charge < -0.3 is 5.32 Å². The number of benzene rings is 1. The van der Waals surface area contributed by atoms with Crippen LogP contribution in [0, 0.1) is 24.1 Å². The fourth-order valence-electron chi connectivity index (χ4n) is 1.54. The quantitative estimate of drug-likeness (QED) is 0.786. The van der Waals surface area contributed by atoms with E-state index >= 15 is 0 Å². The summed E-state index contributed by atoms with van der Waals surface area (Å²) in [6.07, 6.45) is 0.768. The van der Waals surface area contributed by atoms with E-state index in [4.69, 9.17) is 5.26 Å². The predicted molar refractivity (Wildman–Crippen MR) is 71.8 cm³/mol.